The minimum atomic E-state index is 0.338. The van der Waals surface area contributed by atoms with Crippen LogP contribution in [0.1, 0.15) is 17.3 Å². The number of hydrogen-bond acceptors (Lipinski definition) is 8. The number of hydrogen-bond donors (Lipinski definition) is 2. The highest BCUT2D eigenvalue weighted by molar-refractivity contribution is 7.98. The zero-order valence-corrected chi connectivity index (χ0v) is 12.5. The molecule has 2 heterocycles. The van der Waals surface area contributed by atoms with Crippen molar-refractivity contribution in [2.75, 3.05) is 11.5 Å². The van der Waals surface area contributed by atoms with Crippen LogP contribution < -0.4 is 11.5 Å². The van der Waals surface area contributed by atoms with Gasteiger partial charge in [-0.05, 0) is 5.56 Å². The van der Waals surface area contributed by atoms with Gasteiger partial charge in [-0.15, -0.1) is 0 Å². The largest absolute Gasteiger partial charge is 0.383 e. The van der Waals surface area contributed by atoms with Crippen LogP contribution in [0.25, 0.3) is 0 Å². The summed E-state index contributed by atoms with van der Waals surface area (Å²) in [6, 6.07) is 11.5. The first-order chi connectivity index (χ1) is 10.7. The highest BCUT2D eigenvalue weighted by atomic mass is 32.2. The van der Waals surface area contributed by atoms with Gasteiger partial charge in [0, 0.05) is 12.5 Å². The van der Waals surface area contributed by atoms with E-state index < -0.39 is 0 Å². The fourth-order valence-electron chi connectivity index (χ4n) is 1.85. The lowest BCUT2D eigenvalue weighted by Crippen LogP contribution is -1.99. The standard InChI is InChI=1S/C14H14N6OS/c15-10-7-11(16)18-14(17-10)22-8-13-19-12(20-21-13)6-9-4-2-1-3-5-9/h1-5,7H,6,8H2,(H4,15,16,17,18). The Hall–Kier alpha value is -2.61. The second kappa shape index (κ2) is 6.44. The molecule has 0 aliphatic rings. The molecule has 0 spiro atoms. The molecule has 0 saturated heterocycles. The predicted octanol–water partition coefficient (Wildman–Crippen LogP) is 1.91. The van der Waals surface area contributed by atoms with Gasteiger partial charge in [-0.25, -0.2) is 9.97 Å². The fraction of sp³-hybridized carbons (Fsp3) is 0.143. The van der Waals surface area contributed by atoms with E-state index in [2.05, 4.69) is 20.1 Å². The van der Waals surface area contributed by atoms with Crippen molar-refractivity contribution in [3.63, 3.8) is 0 Å². The molecule has 8 heteroatoms. The van der Waals surface area contributed by atoms with Gasteiger partial charge in [0.1, 0.15) is 11.6 Å². The summed E-state index contributed by atoms with van der Waals surface area (Å²) in [7, 11) is 0. The summed E-state index contributed by atoms with van der Waals surface area (Å²) in [4.78, 5) is 12.5. The van der Waals surface area contributed by atoms with Gasteiger partial charge in [0.25, 0.3) is 0 Å². The Labute approximate surface area is 131 Å². The van der Waals surface area contributed by atoms with E-state index in [1.807, 2.05) is 30.3 Å². The zero-order chi connectivity index (χ0) is 15.4. The van der Waals surface area contributed by atoms with Crippen molar-refractivity contribution in [1.29, 1.82) is 0 Å². The number of nitrogens with zero attached hydrogens (tertiary/aromatic N) is 4. The Morgan fingerprint density at radius 2 is 1.73 bits per heavy atom. The summed E-state index contributed by atoms with van der Waals surface area (Å²) in [6.07, 6.45) is 0.636. The molecular weight excluding hydrogens is 300 g/mol. The maximum Gasteiger partial charge on any atom is 0.237 e. The van der Waals surface area contributed by atoms with E-state index in [-0.39, 0.29) is 0 Å². The number of nitrogen functional groups attached to an aromatic ring is 2. The molecule has 0 radical (unpaired) electrons. The van der Waals surface area contributed by atoms with Crippen LogP contribution in [0.3, 0.4) is 0 Å². The summed E-state index contributed by atoms with van der Waals surface area (Å²) in [6.45, 7) is 0. The van der Waals surface area contributed by atoms with Gasteiger partial charge >= 0.3 is 0 Å². The summed E-state index contributed by atoms with van der Waals surface area (Å²) in [5.41, 5.74) is 12.4. The predicted molar refractivity (Wildman–Crippen MR) is 84.0 cm³/mol. The Kier molecular flexibility index (Phi) is 4.19. The smallest absolute Gasteiger partial charge is 0.237 e. The Balaban J connectivity index is 1.62. The molecule has 0 amide bonds. The second-order valence-electron chi connectivity index (χ2n) is 4.56. The highest BCUT2D eigenvalue weighted by Crippen LogP contribution is 2.20. The third-order valence-corrected chi connectivity index (χ3v) is 3.62. The summed E-state index contributed by atoms with van der Waals surface area (Å²) < 4.78 is 5.22. The van der Waals surface area contributed by atoms with Crippen LogP contribution in [0, 0.1) is 0 Å². The molecule has 0 saturated carbocycles. The molecule has 0 atom stereocenters. The molecule has 22 heavy (non-hydrogen) atoms. The summed E-state index contributed by atoms with van der Waals surface area (Å²) >= 11 is 1.34. The fourth-order valence-corrected chi connectivity index (χ4v) is 2.56. The van der Waals surface area contributed by atoms with E-state index >= 15 is 0 Å². The Morgan fingerprint density at radius 1 is 1.00 bits per heavy atom. The summed E-state index contributed by atoms with van der Waals surface area (Å²) in [5, 5.41) is 4.46. The number of thioether (sulfide) groups is 1. The maximum atomic E-state index is 5.62. The minimum Gasteiger partial charge on any atom is -0.383 e. The lowest BCUT2D eigenvalue weighted by Gasteiger charge is -2.00. The Bertz CT molecular complexity index is 741. The van der Waals surface area contributed by atoms with E-state index in [0.717, 1.165) is 5.56 Å². The maximum absolute atomic E-state index is 5.62. The van der Waals surface area contributed by atoms with Gasteiger partial charge in [-0.3, -0.25) is 0 Å². The highest BCUT2D eigenvalue weighted by Gasteiger charge is 2.09. The van der Waals surface area contributed by atoms with Crippen LogP contribution in [0.2, 0.25) is 0 Å². The van der Waals surface area contributed by atoms with E-state index in [1.54, 1.807) is 0 Å². The monoisotopic (exact) mass is 314 g/mol. The molecule has 4 N–H and O–H groups in total. The van der Waals surface area contributed by atoms with Crippen LogP contribution in [0.5, 0.6) is 0 Å². The molecule has 1 aromatic carbocycles. The molecule has 0 bridgehead atoms. The van der Waals surface area contributed by atoms with Crippen molar-refractivity contribution >= 4 is 23.4 Å². The van der Waals surface area contributed by atoms with Crippen molar-refractivity contribution in [2.45, 2.75) is 17.3 Å². The van der Waals surface area contributed by atoms with E-state index in [1.165, 1.54) is 17.8 Å². The molecule has 0 aliphatic carbocycles. The van der Waals surface area contributed by atoms with Crippen LogP contribution in [-0.2, 0) is 12.2 Å². The average molecular weight is 314 g/mol. The van der Waals surface area contributed by atoms with Gasteiger partial charge in [0.2, 0.25) is 5.89 Å². The van der Waals surface area contributed by atoms with E-state index in [0.29, 0.717) is 40.7 Å². The first-order valence-electron chi connectivity index (χ1n) is 6.57. The lowest BCUT2D eigenvalue weighted by molar-refractivity contribution is 0.385. The topological polar surface area (TPSA) is 117 Å². The second-order valence-corrected chi connectivity index (χ2v) is 5.50. The first kappa shape index (κ1) is 14.3. The molecule has 3 aromatic rings. The number of benzene rings is 1. The van der Waals surface area contributed by atoms with Gasteiger partial charge in [-0.2, -0.15) is 4.98 Å². The zero-order valence-electron chi connectivity index (χ0n) is 11.6. The molecule has 3 rings (SSSR count). The first-order valence-corrected chi connectivity index (χ1v) is 7.56. The molecule has 0 aliphatic heterocycles. The third kappa shape index (κ3) is 3.73. The normalized spacial score (nSPS) is 10.7. The number of anilines is 2. The van der Waals surface area contributed by atoms with Gasteiger partial charge < -0.3 is 16.0 Å². The van der Waals surface area contributed by atoms with Crippen LogP contribution in [0.15, 0.2) is 46.1 Å². The number of nitrogens with two attached hydrogens (primary N) is 2. The number of rotatable bonds is 5. The van der Waals surface area contributed by atoms with Crippen molar-refractivity contribution in [3.8, 4) is 0 Å². The molecule has 2 aromatic heterocycles. The Morgan fingerprint density at radius 3 is 2.45 bits per heavy atom. The van der Waals surface area contributed by atoms with Gasteiger partial charge in [-0.1, -0.05) is 47.3 Å². The molecular formula is C14H14N6OS. The van der Waals surface area contributed by atoms with Crippen molar-refractivity contribution < 1.29 is 4.52 Å². The van der Waals surface area contributed by atoms with Gasteiger partial charge in [0.05, 0.1) is 5.75 Å². The molecule has 0 unspecified atom stereocenters. The molecule has 7 nitrogen and oxygen atoms in total. The number of aromatic nitrogens is 4. The van der Waals surface area contributed by atoms with Crippen molar-refractivity contribution in [1.82, 2.24) is 20.1 Å². The van der Waals surface area contributed by atoms with E-state index in [4.69, 9.17) is 16.0 Å². The minimum absolute atomic E-state index is 0.338. The molecule has 0 fully saturated rings. The van der Waals surface area contributed by atoms with Crippen molar-refractivity contribution in [3.05, 3.63) is 53.7 Å². The quantitative estimate of drug-likeness (QED) is 0.542. The van der Waals surface area contributed by atoms with Gasteiger partial charge in [0.15, 0.2) is 11.0 Å². The van der Waals surface area contributed by atoms with E-state index in [9.17, 15) is 0 Å². The third-order valence-electron chi connectivity index (χ3n) is 2.79. The summed E-state index contributed by atoms with van der Waals surface area (Å²) in [5.74, 6) is 2.30. The average Bonchev–Trinajstić information content (AvgIpc) is 2.93. The molecule has 112 valence electrons. The van der Waals surface area contributed by atoms with Crippen molar-refractivity contribution in [2.24, 2.45) is 0 Å². The van der Waals surface area contributed by atoms with Crippen LogP contribution >= 0.6 is 11.8 Å². The van der Waals surface area contributed by atoms with Crippen LogP contribution in [0.4, 0.5) is 11.6 Å². The SMILES string of the molecule is Nc1cc(N)nc(SCc2nc(Cc3ccccc3)no2)n1. The van der Waals surface area contributed by atoms with Crippen LogP contribution in [-0.4, -0.2) is 20.1 Å². The lowest BCUT2D eigenvalue weighted by atomic mass is 10.1.